The van der Waals surface area contributed by atoms with Crippen LogP contribution < -0.4 is 10.1 Å². The van der Waals surface area contributed by atoms with E-state index in [9.17, 15) is 14.7 Å². The number of nitrogens with zero attached hydrogens (tertiary/aromatic N) is 1. The molecule has 5 aromatic rings. The second kappa shape index (κ2) is 12.0. The second-order valence-electron chi connectivity index (χ2n) is 9.53. The number of amides is 1. The Morgan fingerprint density at radius 3 is 2.54 bits per heavy atom. The lowest BCUT2D eigenvalue weighted by Crippen LogP contribution is -2.29. The Kier molecular flexibility index (Phi) is 8.28. The number of carboxylic acid groups (broad SMARTS) is 1. The van der Waals surface area contributed by atoms with E-state index in [2.05, 4.69) is 15.3 Å². The minimum Gasteiger partial charge on any atom is -0.496 e. The Morgan fingerprint density at radius 1 is 1.00 bits per heavy atom. The van der Waals surface area contributed by atoms with Gasteiger partial charge in [-0.1, -0.05) is 72.9 Å². The molecule has 0 saturated carbocycles. The SMILES string of the molecule is CCCC(NC(=O)c1ccc(-c2c(Cl)cccc2-c2nc3ccccc3[nH]2)c(C(=O)O)c1)c1ccc(Cl)cc1OC. The molecule has 3 N–H and O–H groups in total. The highest BCUT2D eigenvalue weighted by molar-refractivity contribution is 6.34. The predicted octanol–water partition coefficient (Wildman–Crippen LogP) is 8.18. The number of ether oxygens (including phenoxy) is 1. The Bertz CT molecular complexity index is 1730. The number of methoxy groups -OCH3 is 1. The van der Waals surface area contributed by atoms with Gasteiger partial charge >= 0.3 is 5.97 Å². The fourth-order valence-electron chi connectivity index (χ4n) is 4.96. The third kappa shape index (κ3) is 5.78. The topological polar surface area (TPSA) is 104 Å². The molecule has 1 amide bonds. The zero-order chi connectivity index (χ0) is 29.1. The number of aromatic carboxylic acids is 1. The van der Waals surface area contributed by atoms with Crippen LogP contribution in [0.4, 0.5) is 0 Å². The minimum atomic E-state index is -1.19. The number of para-hydroxylation sites is 2. The van der Waals surface area contributed by atoms with Crippen LogP contribution in [0.1, 0.15) is 52.1 Å². The van der Waals surface area contributed by atoms with E-state index >= 15 is 0 Å². The molecule has 0 aliphatic heterocycles. The number of aromatic amines is 1. The molecule has 1 heterocycles. The molecule has 0 spiro atoms. The first kappa shape index (κ1) is 28.2. The fraction of sp³-hybridized carbons (Fsp3) is 0.156. The smallest absolute Gasteiger partial charge is 0.336 e. The second-order valence-corrected chi connectivity index (χ2v) is 10.4. The van der Waals surface area contributed by atoms with Crippen LogP contribution in [0.2, 0.25) is 10.0 Å². The number of carbonyl (C=O) groups excluding carboxylic acids is 1. The van der Waals surface area contributed by atoms with Crippen molar-refractivity contribution in [1.29, 1.82) is 0 Å². The highest BCUT2D eigenvalue weighted by Gasteiger charge is 2.24. The van der Waals surface area contributed by atoms with Crippen molar-refractivity contribution in [3.63, 3.8) is 0 Å². The summed E-state index contributed by atoms with van der Waals surface area (Å²) in [6.07, 6.45) is 1.45. The van der Waals surface area contributed by atoms with Crippen molar-refractivity contribution in [1.82, 2.24) is 15.3 Å². The van der Waals surface area contributed by atoms with Crippen LogP contribution >= 0.6 is 23.2 Å². The van der Waals surface area contributed by atoms with Crippen molar-refractivity contribution in [2.75, 3.05) is 7.11 Å². The van der Waals surface area contributed by atoms with Crippen molar-refractivity contribution in [3.8, 4) is 28.3 Å². The van der Waals surface area contributed by atoms with E-state index < -0.39 is 11.9 Å². The van der Waals surface area contributed by atoms with Crippen LogP contribution in [0.3, 0.4) is 0 Å². The number of H-pyrrole nitrogens is 1. The van der Waals surface area contributed by atoms with Gasteiger partial charge < -0.3 is 20.1 Å². The molecule has 0 saturated heterocycles. The Labute approximate surface area is 247 Å². The van der Waals surface area contributed by atoms with Gasteiger partial charge in [-0.15, -0.1) is 0 Å². The maximum atomic E-state index is 13.4. The maximum absolute atomic E-state index is 13.4. The number of halogens is 2. The molecule has 0 radical (unpaired) electrons. The molecule has 208 valence electrons. The minimum absolute atomic E-state index is 0.0563. The summed E-state index contributed by atoms with van der Waals surface area (Å²) in [4.78, 5) is 33.9. The highest BCUT2D eigenvalue weighted by atomic mass is 35.5. The van der Waals surface area contributed by atoms with E-state index in [-0.39, 0.29) is 17.2 Å². The van der Waals surface area contributed by atoms with Crippen LogP contribution in [0.15, 0.2) is 78.9 Å². The molecule has 0 aliphatic rings. The monoisotopic (exact) mass is 587 g/mol. The lowest BCUT2D eigenvalue weighted by molar-refractivity contribution is 0.0697. The number of carboxylic acids is 1. The first-order chi connectivity index (χ1) is 19.8. The first-order valence-corrected chi connectivity index (χ1v) is 13.8. The summed E-state index contributed by atoms with van der Waals surface area (Å²) in [6.45, 7) is 2.02. The average Bonchev–Trinajstić information content (AvgIpc) is 3.41. The number of aromatic nitrogens is 2. The normalized spacial score (nSPS) is 11.8. The fourth-order valence-corrected chi connectivity index (χ4v) is 5.40. The van der Waals surface area contributed by atoms with Gasteiger partial charge in [-0.05, 0) is 54.4 Å². The van der Waals surface area contributed by atoms with Gasteiger partial charge in [0.1, 0.15) is 11.6 Å². The van der Waals surface area contributed by atoms with Crippen molar-refractivity contribution in [2.24, 2.45) is 0 Å². The summed E-state index contributed by atoms with van der Waals surface area (Å²) in [5.74, 6) is -0.475. The number of carbonyl (C=O) groups is 2. The summed E-state index contributed by atoms with van der Waals surface area (Å²) in [6, 6.07) is 22.4. The van der Waals surface area contributed by atoms with E-state index in [1.54, 1.807) is 43.5 Å². The Hall–Kier alpha value is -4.33. The van der Waals surface area contributed by atoms with Crippen LogP contribution in [0.25, 0.3) is 33.5 Å². The van der Waals surface area contributed by atoms with Crippen LogP contribution in [-0.2, 0) is 0 Å². The molecule has 0 fully saturated rings. The summed E-state index contributed by atoms with van der Waals surface area (Å²) in [5, 5.41) is 14.1. The molecule has 9 heteroatoms. The van der Waals surface area contributed by atoms with E-state index in [1.165, 1.54) is 6.07 Å². The zero-order valence-electron chi connectivity index (χ0n) is 22.4. The lowest BCUT2D eigenvalue weighted by atomic mass is 9.93. The van der Waals surface area contributed by atoms with Crippen molar-refractivity contribution >= 4 is 46.1 Å². The molecule has 0 bridgehead atoms. The number of hydrogen-bond acceptors (Lipinski definition) is 4. The van der Waals surface area contributed by atoms with Crippen molar-refractivity contribution in [3.05, 3.63) is 106 Å². The molecular formula is C32H27Cl2N3O4. The third-order valence-electron chi connectivity index (χ3n) is 6.89. The molecule has 4 aromatic carbocycles. The summed E-state index contributed by atoms with van der Waals surface area (Å²) >= 11 is 12.8. The average molecular weight is 588 g/mol. The summed E-state index contributed by atoms with van der Waals surface area (Å²) < 4.78 is 5.50. The zero-order valence-corrected chi connectivity index (χ0v) is 23.9. The van der Waals surface area contributed by atoms with Crippen LogP contribution in [0.5, 0.6) is 5.75 Å². The molecule has 41 heavy (non-hydrogen) atoms. The van der Waals surface area contributed by atoms with E-state index in [4.69, 9.17) is 27.9 Å². The van der Waals surface area contributed by atoms with Gasteiger partial charge in [0, 0.05) is 32.3 Å². The van der Waals surface area contributed by atoms with E-state index in [1.807, 2.05) is 43.3 Å². The molecule has 1 aromatic heterocycles. The first-order valence-electron chi connectivity index (χ1n) is 13.1. The largest absolute Gasteiger partial charge is 0.496 e. The number of rotatable bonds is 9. The molecule has 1 unspecified atom stereocenters. The van der Waals surface area contributed by atoms with Gasteiger partial charge in [-0.3, -0.25) is 4.79 Å². The van der Waals surface area contributed by atoms with E-state index in [0.29, 0.717) is 44.7 Å². The highest BCUT2D eigenvalue weighted by Crippen LogP contribution is 2.39. The van der Waals surface area contributed by atoms with Gasteiger partial charge in [0.25, 0.3) is 5.91 Å². The number of benzene rings is 4. The Balaban J connectivity index is 1.54. The maximum Gasteiger partial charge on any atom is 0.336 e. The van der Waals surface area contributed by atoms with Crippen LogP contribution in [-0.4, -0.2) is 34.1 Å². The molecule has 7 nitrogen and oxygen atoms in total. The number of imidazole rings is 1. The molecule has 0 aliphatic carbocycles. The molecular weight excluding hydrogens is 561 g/mol. The number of hydrogen-bond donors (Lipinski definition) is 3. The molecule has 1 atom stereocenters. The predicted molar refractivity (Wildman–Crippen MR) is 162 cm³/mol. The lowest BCUT2D eigenvalue weighted by Gasteiger charge is -2.21. The van der Waals surface area contributed by atoms with Crippen LogP contribution in [0, 0.1) is 0 Å². The van der Waals surface area contributed by atoms with E-state index in [0.717, 1.165) is 23.0 Å². The van der Waals surface area contributed by atoms with Crippen molar-refractivity contribution in [2.45, 2.75) is 25.8 Å². The Morgan fingerprint density at radius 2 is 1.80 bits per heavy atom. The quantitative estimate of drug-likeness (QED) is 0.161. The number of fused-ring (bicyclic) bond motifs is 1. The van der Waals surface area contributed by atoms with Crippen molar-refractivity contribution < 1.29 is 19.4 Å². The van der Waals surface area contributed by atoms with Gasteiger partial charge in [0.15, 0.2) is 0 Å². The molecule has 5 rings (SSSR count). The number of nitrogens with one attached hydrogen (secondary N) is 2. The third-order valence-corrected chi connectivity index (χ3v) is 7.44. The van der Waals surface area contributed by atoms with Gasteiger partial charge in [0.05, 0.1) is 29.7 Å². The summed E-state index contributed by atoms with van der Waals surface area (Å²) in [5.41, 5.74) is 4.08. The van der Waals surface area contributed by atoms with Gasteiger partial charge in [-0.2, -0.15) is 0 Å². The summed E-state index contributed by atoms with van der Waals surface area (Å²) in [7, 11) is 1.55. The standard InChI is InChI=1S/C32H27Cl2N3O4/c1-3-7-25(21-15-13-19(33)17-28(21)41-2)37-31(38)18-12-14-20(23(16-18)32(39)40)29-22(8-6-9-24(29)34)30-35-26-10-4-5-11-27(26)36-30/h4-6,8-17,25H,3,7H2,1-2H3,(H,35,36)(H,37,38)(H,39,40). The van der Waals surface area contributed by atoms with Gasteiger partial charge in [-0.25, -0.2) is 9.78 Å². The van der Waals surface area contributed by atoms with Gasteiger partial charge in [0.2, 0.25) is 0 Å².